The van der Waals surface area contributed by atoms with Crippen LogP contribution in [0.2, 0.25) is 0 Å². The largest absolute Gasteiger partial charge is 0.355 e. The Labute approximate surface area is 176 Å². The van der Waals surface area contributed by atoms with Crippen molar-refractivity contribution >= 4 is 22.8 Å². The summed E-state index contributed by atoms with van der Waals surface area (Å²) < 4.78 is 0. The first-order valence-electron chi connectivity index (χ1n) is 10.5. The van der Waals surface area contributed by atoms with Crippen molar-refractivity contribution in [1.29, 1.82) is 5.26 Å². The predicted octanol–water partition coefficient (Wildman–Crippen LogP) is 3.93. The second-order valence-electron chi connectivity index (χ2n) is 7.59. The summed E-state index contributed by atoms with van der Waals surface area (Å²) in [6.45, 7) is 2.10. The minimum absolute atomic E-state index is 0.345. The highest BCUT2D eigenvalue weighted by Crippen LogP contribution is 2.29. The molecule has 6 heteroatoms. The molecule has 1 saturated heterocycles. The number of nitrogens with zero attached hydrogens (tertiary/aromatic N) is 4. The van der Waals surface area contributed by atoms with Gasteiger partial charge in [-0.15, -0.1) is 0 Å². The number of hydrogen-bond donors (Lipinski definition) is 1. The second kappa shape index (κ2) is 9.36. The van der Waals surface area contributed by atoms with Gasteiger partial charge in [0.15, 0.2) is 11.7 Å². The molecule has 152 valence electrons. The molecule has 0 saturated carbocycles. The number of nitrogens with one attached hydrogen (secondary N) is 1. The molecule has 1 aliphatic heterocycles. The zero-order valence-electron chi connectivity index (χ0n) is 16.9. The van der Waals surface area contributed by atoms with Crippen LogP contribution in [0.1, 0.15) is 42.9 Å². The van der Waals surface area contributed by atoms with Gasteiger partial charge in [0.1, 0.15) is 5.69 Å². The molecule has 1 aromatic heterocycles. The highest BCUT2D eigenvalue weighted by atomic mass is 16.1. The van der Waals surface area contributed by atoms with Gasteiger partial charge in [-0.05, 0) is 30.5 Å². The molecule has 0 spiro atoms. The third-order valence-electron chi connectivity index (χ3n) is 5.46. The van der Waals surface area contributed by atoms with E-state index in [0.29, 0.717) is 23.6 Å². The zero-order chi connectivity index (χ0) is 20.8. The number of nitriles is 1. The lowest BCUT2D eigenvalue weighted by molar-refractivity contribution is -0.121. The Morgan fingerprint density at radius 1 is 0.967 bits per heavy atom. The van der Waals surface area contributed by atoms with Crippen LogP contribution in [0.5, 0.6) is 0 Å². The number of anilines is 1. The monoisotopic (exact) mass is 399 g/mol. The summed E-state index contributed by atoms with van der Waals surface area (Å²) in [5.41, 5.74) is 2.91. The van der Waals surface area contributed by atoms with Gasteiger partial charge in [-0.3, -0.25) is 4.79 Å². The molecule has 4 rings (SSSR count). The first-order valence-corrected chi connectivity index (χ1v) is 10.5. The second-order valence-corrected chi connectivity index (χ2v) is 7.59. The molecule has 1 amide bonds. The Kier molecular flexibility index (Phi) is 6.19. The lowest BCUT2D eigenvalue weighted by atomic mass is 10.0. The van der Waals surface area contributed by atoms with Crippen LogP contribution in [0, 0.1) is 11.3 Å². The topological polar surface area (TPSA) is 81.9 Å². The molecule has 0 bridgehead atoms. The van der Waals surface area contributed by atoms with Crippen molar-refractivity contribution in [1.82, 2.24) is 15.3 Å². The number of aromatic nitrogens is 2. The molecule has 6 nitrogen and oxygen atoms in total. The highest BCUT2D eigenvalue weighted by molar-refractivity contribution is 5.88. The van der Waals surface area contributed by atoms with Crippen molar-refractivity contribution in [3.63, 3.8) is 0 Å². The summed E-state index contributed by atoms with van der Waals surface area (Å²) >= 11 is 0. The van der Waals surface area contributed by atoms with Gasteiger partial charge in [-0.1, -0.05) is 55.3 Å². The van der Waals surface area contributed by atoms with Crippen LogP contribution in [0.4, 0.5) is 5.82 Å². The van der Waals surface area contributed by atoms with Crippen LogP contribution in [0.3, 0.4) is 0 Å². The van der Waals surface area contributed by atoms with E-state index in [4.69, 9.17) is 9.97 Å². The third kappa shape index (κ3) is 4.41. The molecule has 3 aromatic rings. The van der Waals surface area contributed by atoms with Gasteiger partial charge in [0.25, 0.3) is 0 Å². The number of carbonyl (C=O) groups excluding carboxylic acids is 1. The number of fused-ring (bicyclic) bond motifs is 1. The molecule has 1 aliphatic rings. The fraction of sp³-hybridized carbons (Fsp3) is 0.333. The molecule has 0 aliphatic carbocycles. The van der Waals surface area contributed by atoms with Crippen LogP contribution in [0.25, 0.3) is 11.0 Å². The Morgan fingerprint density at radius 3 is 2.27 bits per heavy atom. The van der Waals surface area contributed by atoms with E-state index in [1.54, 1.807) is 0 Å². The van der Waals surface area contributed by atoms with Crippen molar-refractivity contribution in [2.75, 3.05) is 18.0 Å². The average molecular weight is 399 g/mol. The van der Waals surface area contributed by atoms with Crippen molar-refractivity contribution in [3.05, 3.63) is 65.9 Å². The van der Waals surface area contributed by atoms with E-state index in [-0.39, 0.29) is 5.91 Å². The zero-order valence-corrected chi connectivity index (χ0v) is 16.9. The molecule has 2 aromatic carbocycles. The fourth-order valence-corrected chi connectivity index (χ4v) is 3.84. The predicted molar refractivity (Wildman–Crippen MR) is 117 cm³/mol. The van der Waals surface area contributed by atoms with Crippen LogP contribution in [0.15, 0.2) is 54.6 Å². The molecular weight excluding hydrogens is 374 g/mol. The SMILES string of the molecule is N#C[C@@H](C(=O)NCc1ccccc1)c1nc2ccccc2nc1N1CCCCCC1. The molecule has 1 N–H and O–H groups in total. The summed E-state index contributed by atoms with van der Waals surface area (Å²) in [4.78, 5) is 24.7. The maximum Gasteiger partial charge on any atom is 0.243 e. The van der Waals surface area contributed by atoms with Gasteiger partial charge in [0.2, 0.25) is 5.91 Å². The average Bonchev–Trinajstić information content (AvgIpc) is 3.08. The number of amides is 1. The van der Waals surface area contributed by atoms with Crippen LogP contribution < -0.4 is 10.2 Å². The Bertz CT molecular complexity index is 1050. The van der Waals surface area contributed by atoms with E-state index < -0.39 is 5.92 Å². The van der Waals surface area contributed by atoms with E-state index in [1.807, 2.05) is 54.6 Å². The molecule has 30 heavy (non-hydrogen) atoms. The fourth-order valence-electron chi connectivity index (χ4n) is 3.84. The quantitative estimate of drug-likeness (QED) is 0.703. The summed E-state index contributed by atoms with van der Waals surface area (Å²) in [5, 5.41) is 12.8. The van der Waals surface area contributed by atoms with Gasteiger partial charge in [0.05, 0.1) is 17.1 Å². The highest BCUT2D eigenvalue weighted by Gasteiger charge is 2.29. The van der Waals surface area contributed by atoms with Gasteiger partial charge < -0.3 is 10.2 Å². The van der Waals surface area contributed by atoms with Crippen molar-refractivity contribution in [2.24, 2.45) is 0 Å². The standard InChI is InChI=1S/C24H25N5O/c25-16-19(24(30)26-17-18-10-4-3-5-11-18)22-23(29-14-8-1-2-9-15-29)28-21-13-7-6-12-20(21)27-22/h3-7,10-13,19H,1-2,8-9,14-15,17H2,(H,26,30)/t19-/m1/s1. The lowest BCUT2D eigenvalue weighted by Gasteiger charge is -2.25. The summed E-state index contributed by atoms with van der Waals surface area (Å²) in [6, 6.07) is 19.5. The van der Waals surface area contributed by atoms with E-state index in [2.05, 4.69) is 16.3 Å². The number of para-hydroxylation sites is 2. The minimum Gasteiger partial charge on any atom is -0.355 e. The maximum atomic E-state index is 13.0. The molecule has 2 heterocycles. The van der Waals surface area contributed by atoms with Crippen LogP contribution in [-0.4, -0.2) is 29.0 Å². The summed E-state index contributed by atoms with van der Waals surface area (Å²) in [5.74, 6) is -0.692. The number of carbonyl (C=O) groups is 1. The number of benzene rings is 2. The normalized spacial score (nSPS) is 15.2. The van der Waals surface area contributed by atoms with Gasteiger partial charge in [-0.25, -0.2) is 9.97 Å². The first-order chi connectivity index (χ1) is 14.8. The Balaban J connectivity index is 1.67. The van der Waals surface area contributed by atoms with Crippen LogP contribution >= 0.6 is 0 Å². The van der Waals surface area contributed by atoms with Crippen molar-refractivity contribution < 1.29 is 4.79 Å². The lowest BCUT2D eigenvalue weighted by Crippen LogP contribution is -2.32. The smallest absolute Gasteiger partial charge is 0.243 e. The van der Waals surface area contributed by atoms with E-state index in [9.17, 15) is 10.1 Å². The van der Waals surface area contributed by atoms with Crippen molar-refractivity contribution in [3.8, 4) is 6.07 Å². The third-order valence-corrected chi connectivity index (χ3v) is 5.46. The molecular formula is C24H25N5O. The number of rotatable bonds is 5. The first kappa shape index (κ1) is 19.8. The Hall–Kier alpha value is -3.46. The van der Waals surface area contributed by atoms with E-state index in [1.165, 1.54) is 12.8 Å². The molecule has 0 unspecified atom stereocenters. The van der Waals surface area contributed by atoms with E-state index in [0.717, 1.165) is 37.0 Å². The molecule has 1 fully saturated rings. The molecule has 0 radical (unpaired) electrons. The van der Waals surface area contributed by atoms with Gasteiger partial charge >= 0.3 is 0 Å². The maximum absolute atomic E-state index is 13.0. The van der Waals surface area contributed by atoms with E-state index >= 15 is 0 Å². The summed E-state index contributed by atoms with van der Waals surface area (Å²) in [7, 11) is 0. The Morgan fingerprint density at radius 2 is 1.60 bits per heavy atom. The summed E-state index contributed by atoms with van der Waals surface area (Å²) in [6.07, 6.45) is 4.52. The van der Waals surface area contributed by atoms with Gasteiger partial charge in [0, 0.05) is 19.6 Å². The molecule has 1 atom stereocenters. The van der Waals surface area contributed by atoms with Crippen molar-refractivity contribution in [2.45, 2.75) is 38.1 Å². The van der Waals surface area contributed by atoms with Gasteiger partial charge in [-0.2, -0.15) is 5.26 Å². The number of hydrogen-bond acceptors (Lipinski definition) is 5. The van der Waals surface area contributed by atoms with Crippen LogP contribution in [-0.2, 0) is 11.3 Å². The minimum atomic E-state index is -1.01.